The number of hydrogen-bond acceptors (Lipinski definition) is 2. The first kappa shape index (κ1) is 12.9. The summed E-state index contributed by atoms with van der Waals surface area (Å²) in [5, 5.41) is 9.30. The van der Waals surface area contributed by atoms with Gasteiger partial charge in [0.2, 0.25) is 0 Å². The third kappa shape index (κ3) is 2.83. The quantitative estimate of drug-likeness (QED) is 0.904. The van der Waals surface area contributed by atoms with E-state index in [9.17, 15) is 5.11 Å². The summed E-state index contributed by atoms with van der Waals surface area (Å²) in [5.41, 5.74) is 1.38. The molecule has 1 unspecified atom stereocenters. The van der Waals surface area contributed by atoms with Gasteiger partial charge in [0, 0.05) is 28.9 Å². The predicted octanol–water partition coefficient (Wildman–Crippen LogP) is 3.44. The van der Waals surface area contributed by atoms with Crippen molar-refractivity contribution in [3.05, 3.63) is 28.7 Å². The second-order valence-corrected chi connectivity index (χ2v) is 6.40. The van der Waals surface area contributed by atoms with Gasteiger partial charge in [-0.1, -0.05) is 22.0 Å². The van der Waals surface area contributed by atoms with Gasteiger partial charge in [0.1, 0.15) is 0 Å². The van der Waals surface area contributed by atoms with Crippen LogP contribution in [-0.4, -0.2) is 23.8 Å². The van der Waals surface area contributed by atoms with Crippen LogP contribution in [0.15, 0.2) is 28.7 Å². The Balaban J connectivity index is 2.22. The molecule has 1 aromatic rings. The Morgan fingerprint density at radius 3 is 2.82 bits per heavy atom. The van der Waals surface area contributed by atoms with Crippen molar-refractivity contribution >= 4 is 21.6 Å². The molecule has 2 nitrogen and oxygen atoms in total. The maximum absolute atomic E-state index is 9.30. The molecule has 2 rings (SSSR count). The Labute approximate surface area is 112 Å². The van der Waals surface area contributed by atoms with Crippen LogP contribution in [0.1, 0.15) is 26.7 Å². The number of nitrogens with zero attached hydrogens (tertiary/aromatic N) is 1. The van der Waals surface area contributed by atoms with Gasteiger partial charge in [-0.05, 0) is 50.8 Å². The molecule has 1 saturated heterocycles. The fourth-order valence-corrected chi connectivity index (χ4v) is 3.20. The van der Waals surface area contributed by atoms with Crippen LogP contribution in [0.4, 0.5) is 5.69 Å². The molecule has 0 bridgehead atoms. The molecule has 17 heavy (non-hydrogen) atoms. The monoisotopic (exact) mass is 297 g/mol. The van der Waals surface area contributed by atoms with Gasteiger partial charge in [-0.2, -0.15) is 0 Å². The lowest BCUT2D eigenvalue weighted by atomic mass is 9.82. The van der Waals surface area contributed by atoms with E-state index in [2.05, 4.69) is 58.9 Å². The minimum Gasteiger partial charge on any atom is -0.396 e. The Hall–Kier alpha value is -0.540. The lowest BCUT2D eigenvalue weighted by Gasteiger charge is -2.47. The molecule has 1 aliphatic rings. The SMILES string of the molecule is CC1(C)CC(CO)CCN1c1cccc(Br)c1. The van der Waals surface area contributed by atoms with Gasteiger partial charge < -0.3 is 10.0 Å². The molecular weight excluding hydrogens is 278 g/mol. The smallest absolute Gasteiger partial charge is 0.0460 e. The van der Waals surface area contributed by atoms with Crippen LogP contribution in [0.3, 0.4) is 0 Å². The maximum atomic E-state index is 9.30. The average Bonchev–Trinajstić information content (AvgIpc) is 2.27. The molecule has 0 radical (unpaired) electrons. The maximum Gasteiger partial charge on any atom is 0.0460 e. The van der Waals surface area contributed by atoms with Gasteiger partial charge in [0.05, 0.1) is 0 Å². The minimum absolute atomic E-state index is 0.118. The van der Waals surface area contributed by atoms with Crippen molar-refractivity contribution < 1.29 is 5.11 Å². The van der Waals surface area contributed by atoms with Crippen molar-refractivity contribution in [3.63, 3.8) is 0 Å². The molecule has 0 spiro atoms. The number of hydrogen-bond donors (Lipinski definition) is 1. The predicted molar refractivity (Wildman–Crippen MR) is 75.4 cm³/mol. The van der Waals surface area contributed by atoms with E-state index >= 15 is 0 Å². The normalized spacial score (nSPS) is 23.8. The van der Waals surface area contributed by atoms with E-state index < -0.39 is 0 Å². The average molecular weight is 298 g/mol. The zero-order valence-electron chi connectivity index (χ0n) is 10.5. The zero-order chi connectivity index (χ0) is 12.5. The van der Waals surface area contributed by atoms with Crippen LogP contribution in [0, 0.1) is 5.92 Å². The topological polar surface area (TPSA) is 23.5 Å². The number of piperidine rings is 1. The molecule has 1 aromatic carbocycles. The number of anilines is 1. The summed E-state index contributed by atoms with van der Waals surface area (Å²) in [6, 6.07) is 8.46. The second kappa shape index (κ2) is 4.99. The Morgan fingerprint density at radius 2 is 2.24 bits per heavy atom. The van der Waals surface area contributed by atoms with Crippen LogP contribution in [-0.2, 0) is 0 Å². The lowest BCUT2D eigenvalue weighted by molar-refractivity contribution is 0.166. The first-order chi connectivity index (χ1) is 8.03. The molecule has 0 saturated carbocycles. The largest absolute Gasteiger partial charge is 0.396 e. The van der Waals surface area contributed by atoms with E-state index in [-0.39, 0.29) is 5.54 Å². The highest BCUT2D eigenvalue weighted by Crippen LogP contribution is 2.35. The number of aliphatic hydroxyl groups is 1. The van der Waals surface area contributed by atoms with E-state index in [1.165, 1.54) is 5.69 Å². The van der Waals surface area contributed by atoms with E-state index in [0.29, 0.717) is 12.5 Å². The van der Waals surface area contributed by atoms with Gasteiger partial charge in [-0.15, -0.1) is 0 Å². The number of halogens is 1. The Bertz CT molecular complexity index is 392. The van der Waals surface area contributed by atoms with Gasteiger partial charge in [0.15, 0.2) is 0 Å². The first-order valence-electron chi connectivity index (χ1n) is 6.17. The van der Waals surface area contributed by atoms with Crippen molar-refractivity contribution in [2.24, 2.45) is 5.92 Å². The van der Waals surface area contributed by atoms with Crippen molar-refractivity contribution in [2.45, 2.75) is 32.2 Å². The fourth-order valence-electron chi connectivity index (χ4n) is 2.81. The summed E-state index contributed by atoms with van der Waals surface area (Å²) in [4.78, 5) is 2.45. The van der Waals surface area contributed by atoms with Gasteiger partial charge >= 0.3 is 0 Å². The molecule has 1 N–H and O–H groups in total. The molecule has 3 heteroatoms. The Kier molecular flexibility index (Phi) is 3.79. The van der Waals surface area contributed by atoms with Crippen molar-refractivity contribution in [2.75, 3.05) is 18.1 Å². The standard InChI is InChI=1S/C14H20BrNO/c1-14(2)9-11(10-17)6-7-16(14)13-5-3-4-12(15)8-13/h3-5,8,11,17H,6-7,9-10H2,1-2H3. The molecule has 1 heterocycles. The third-order valence-corrected chi connectivity index (χ3v) is 4.15. The lowest BCUT2D eigenvalue weighted by Crippen LogP contribution is -2.50. The van der Waals surface area contributed by atoms with Crippen molar-refractivity contribution in [1.82, 2.24) is 0 Å². The molecular formula is C14H20BrNO. The van der Waals surface area contributed by atoms with Crippen LogP contribution in [0.25, 0.3) is 0 Å². The minimum atomic E-state index is 0.118. The molecule has 1 atom stereocenters. The van der Waals surface area contributed by atoms with Crippen LogP contribution in [0.5, 0.6) is 0 Å². The first-order valence-corrected chi connectivity index (χ1v) is 6.96. The molecule has 0 amide bonds. The van der Waals surface area contributed by atoms with E-state index in [1.807, 2.05) is 0 Å². The summed E-state index contributed by atoms with van der Waals surface area (Å²) in [5.74, 6) is 0.452. The molecule has 1 fully saturated rings. The zero-order valence-corrected chi connectivity index (χ0v) is 12.1. The van der Waals surface area contributed by atoms with Crippen LogP contribution >= 0.6 is 15.9 Å². The fraction of sp³-hybridized carbons (Fsp3) is 0.571. The number of aliphatic hydroxyl groups excluding tert-OH is 1. The van der Waals surface area contributed by atoms with E-state index in [1.54, 1.807) is 0 Å². The Morgan fingerprint density at radius 1 is 1.47 bits per heavy atom. The summed E-state index contributed by atoms with van der Waals surface area (Å²) < 4.78 is 1.12. The highest BCUT2D eigenvalue weighted by molar-refractivity contribution is 9.10. The number of benzene rings is 1. The summed E-state index contributed by atoms with van der Waals surface area (Å²) >= 11 is 3.53. The van der Waals surface area contributed by atoms with Crippen molar-refractivity contribution in [1.29, 1.82) is 0 Å². The van der Waals surface area contributed by atoms with E-state index in [0.717, 1.165) is 23.9 Å². The number of rotatable bonds is 2. The summed E-state index contributed by atoms with van der Waals surface area (Å²) in [6.07, 6.45) is 2.13. The van der Waals surface area contributed by atoms with Crippen molar-refractivity contribution in [3.8, 4) is 0 Å². The molecule has 94 valence electrons. The molecule has 1 aliphatic heterocycles. The van der Waals surface area contributed by atoms with Gasteiger partial charge in [-0.3, -0.25) is 0 Å². The van der Waals surface area contributed by atoms with Gasteiger partial charge in [0.25, 0.3) is 0 Å². The highest BCUT2D eigenvalue weighted by Gasteiger charge is 2.34. The highest BCUT2D eigenvalue weighted by atomic mass is 79.9. The molecule has 0 aliphatic carbocycles. The van der Waals surface area contributed by atoms with Crippen LogP contribution in [0.2, 0.25) is 0 Å². The summed E-state index contributed by atoms with van der Waals surface area (Å²) in [7, 11) is 0. The molecule has 0 aromatic heterocycles. The second-order valence-electron chi connectivity index (χ2n) is 5.49. The summed E-state index contributed by atoms with van der Waals surface area (Å²) in [6.45, 7) is 5.86. The third-order valence-electron chi connectivity index (χ3n) is 3.66. The van der Waals surface area contributed by atoms with Gasteiger partial charge in [-0.25, -0.2) is 0 Å². The van der Waals surface area contributed by atoms with E-state index in [4.69, 9.17) is 0 Å². The van der Waals surface area contributed by atoms with Crippen LogP contribution < -0.4 is 4.90 Å².